The van der Waals surface area contributed by atoms with Crippen LogP contribution in [0.3, 0.4) is 0 Å². The topological polar surface area (TPSA) is 139 Å². The van der Waals surface area contributed by atoms with Crippen molar-refractivity contribution in [2.45, 2.75) is 37.5 Å². The molecule has 2 aromatic carbocycles. The van der Waals surface area contributed by atoms with Gasteiger partial charge in [-0.1, -0.05) is 30.3 Å². The van der Waals surface area contributed by atoms with Gasteiger partial charge in [0.2, 0.25) is 12.2 Å². The zero-order chi connectivity index (χ0) is 22.0. The van der Waals surface area contributed by atoms with Crippen molar-refractivity contribution >= 4 is 11.6 Å². The molecule has 5 N–H and O–H groups in total. The summed E-state index contributed by atoms with van der Waals surface area (Å²) in [5.74, 6) is 0.496. The van der Waals surface area contributed by atoms with Crippen LogP contribution in [0, 0.1) is 11.5 Å². The highest BCUT2D eigenvalue weighted by atomic mass is 16.7. The van der Waals surface area contributed by atoms with Crippen LogP contribution >= 0.6 is 0 Å². The first-order valence-corrected chi connectivity index (χ1v) is 9.96. The Labute approximate surface area is 180 Å². The number of nitrogens with zero attached hydrogens (tertiary/aromatic N) is 3. The minimum atomic E-state index is -1.23. The Morgan fingerprint density at radius 3 is 2.65 bits per heavy atom. The summed E-state index contributed by atoms with van der Waals surface area (Å²) in [4.78, 5) is 5.43. The van der Waals surface area contributed by atoms with Gasteiger partial charge in [0, 0.05) is 17.8 Å². The maximum Gasteiger partial charge on any atom is 0.209 e. The van der Waals surface area contributed by atoms with Gasteiger partial charge in [-0.25, -0.2) is 0 Å². The van der Waals surface area contributed by atoms with Crippen LogP contribution in [0.25, 0.3) is 0 Å². The number of rotatable bonds is 4. The Bertz CT molecular complexity index is 1000. The van der Waals surface area contributed by atoms with Gasteiger partial charge in [-0.05, 0) is 30.7 Å². The Hall–Kier alpha value is -3.32. The predicted octanol–water partition coefficient (Wildman–Crippen LogP) is 1.49. The van der Waals surface area contributed by atoms with E-state index in [0.29, 0.717) is 36.8 Å². The van der Waals surface area contributed by atoms with Crippen LogP contribution < -0.4 is 16.2 Å². The number of nitriles is 1. The average Bonchev–Trinajstić information content (AvgIpc) is 3.31. The van der Waals surface area contributed by atoms with Gasteiger partial charge < -0.3 is 35.7 Å². The van der Waals surface area contributed by atoms with Crippen molar-refractivity contribution in [3.05, 3.63) is 59.7 Å². The Balaban J connectivity index is 1.84. The van der Waals surface area contributed by atoms with Crippen LogP contribution in [-0.4, -0.2) is 47.2 Å². The molecule has 2 aliphatic heterocycles. The van der Waals surface area contributed by atoms with Crippen LogP contribution in [0.1, 0.15) is 24.1 Å². The zero-order valence-corrected chi connectivity index (χ0v) is 17.1. The normalized spacial score (nSPS) is 26.0. The van der Waals surface area contributed by atoms with Gasteiger partial charge in [-0.2, -0.15) is 5.26 Å². The van der Waals surface area contributed by atoms with Crippen LogP contribution in [-0.2, 0) is 16.0 Å². The van der Waals surface area contributed by atoms with Crippen molar-refractivity contribution in [1.82, 2.24) is 4.90 Å². The van der Waals surface area contributed by atoms with E-state index in [-0.39, 0.29) is 5.96 Å². The minimum Gasteiger partial charge on any atom is -0.479 e. The lowest BCUT2D eigenvalue weighted by molar-refractivity contribution is -0.218. The number of hydrogen-bond acceptors (Lipinski definition) is 7. The smallest absolute Gasteiger partial charge is 0.209 e. The molecule has 162 valence electrons. The summed E-state index contributed by atoms with van der Waals surface area (Å²) >= 11 is 0. The molecule has 0 spiro atoms. The second kappa shape index (κ2) is 8.43. The Kier molecular flexibility index (Phi) is 5.69. The molecule has 0 aliphatic carbocycles. The molecule has 0 bridgehead atoms. The van der Waals surface area contributed by atoms with Gasteiger partial charge >= 0.3 is 0 Å². The molecule has 0 amide bonds. The third kappa shape index (κ3) is 3.88. The van der Waals surface area contributed by atoms with E-state index >= 15 is 0 Å². The standard InChI is InChI=1S/C22H25N5O4/c1-22(20-29-9-10-30-20)19(28)18(16-11-15(24)7-8-17(16)31-22)27(21(25)26-13-23)12-14-5-3-2-4-6-14/h2-8,11,18-20,28H,9-10,12,24H2,1H3,(H2,25,26). The van der Waals surface area contributed by atoms with Gasteiger partial charge in [-0.15, -0.1) is 4.99 Å². The summed E-state index contributed by atoms with van der Waals surface area (Å²) in [6.45, 7) is 2.84. The molecular weight excluding hydrogens is 398 g/mol. The summed E-state index contributed by atoms with van der Waals surface area (Å²) in [5, 5.41) is 20.7. The first-order chi connectivity index (χ1) is 14.9. The fraction of sp³-hybridized carbons (Fsp3) is 0.364. The highest BCUT2D eigenvalue weighted by Crippen LogP contribution is 2.46. The fourth-order valence-electron chi connectivity index (χ4n) is 4.10. The lowest BCUT2D eigenvalue weighted by Crippen LogP contribution is -2.62. The van der Waals surface area contributed by atoms with Crippen LogP contribution in [0.2, 0.25) is 0 Å². The van der Waals surface area contributed by atoms with E-state index in [1.54, 1.807) is 36.2 Å². The third-order valence-electron chi connectivity index (χ3n) is 5.65. The van der Waals surface area contributed by atoms with Gasteiger partial charge in [-0.3, -0.25) is 0 Å². The SMILES string of the molecule is CC1(C2OCCO2)Oc2ccc(N)cc2C(N(Cc2ccccc2)C(N)=NC#N)C1O. The molecule has 2 aromatic rings. The number of benzene rings is 2. The van der Waals surface area contributed by atoms with Crippen molar-refractivity contribution in [2.75, 3.05) is 18.9 Å². The lowest BCUT2D eigenvalue weighted by Gasteiger charge is -2.49. The number of hydrogen-bond donors (Lipinski definition) is 3. The summed E-state index contributed by atoms with van der Waals surface area (Å²) in [6, 6.07) is 14.1. The number of aliphatic hydroxyl groups excluding tert-OH is 1. The first-order valence-electron chi connectivity index (χ1n) is 9.96. The molecular formula is C22H25N5O4. The zero-order valence-electron chi connectivity index (χ0n) is 17.1. The second-order valence-electron chi connectivity index (χ2n) is 7.73. The van der Waals surface area contributed by atoms with Crippen molar-refractivity contribution in [3.8, 4) is 11.9 Å². The Morgan fingerprint density at radius 2 is 1.97 bits per heavy atom. The van der Waals surface area contributed by atoms with E-state index in [0.717, 1.165) is 5.56 Å². The number of aliphatic imine (C=N–C) groups is 1. The molecule has 1 saturated heterocycles. The molecule has 4 rings (SSSR count). The fourth-order valence-corrected chi connectivity index (χ4v) is 4.10. The molecule has 2 heterocycles. The van der Waals surface area contributed by atoms with E-state index in [2.05, 4.69) is 4.99 Å². The second-order valence-corrected chi connectivity index (χ2v) is 7.73. The van der Waals surface area contributed by atoms with Crippen LogP contribution in [0.15, 0.2) is 53.5 Å². The molecule has 0 saturated carbocycles. The average molecular weight is 423 g/mol. The number of nitrogen functional groups attached to an aromatic ring is 1. The molecule has 9 nitrogen and oxygen atoms in total. The summed E-state index contributed by atoms with van der Waals surface area (Å²) in [5.41, 5.74) is 13.1. The van der Waals surface area contributed by atoms with Gasteiger partial charge in [0.25, 0.3) is 0 Å². The molecule has 2 aliphatic rings. The van der Waals surface area contributed by atoms with Crippen LogP contribution in [0.4, 0.5) is 5.69 Å². The number of aliphatic hydroxyl groups is 1. The monoisotopic (exact) mass is 423 g/mol. The van der Waals surface area contributed by atoms with E-state index in [1.807, 2.05) is 30.3 Å². The predicted molar refractivity (Wildman–Crippen MR) is 114 cm³/mol. The van der Waals surface area contributed by atoms with Crippen molar-refractivity contribution in [1.29, 1.82) is 5.26 Å². The molecule has 1 fully saturated rings. The maximum atomic E-state index is 11.6. The van der Waals surface area contributed by atoms with Crippen molar-refractivity contribution in [3.63, 3.8) is 0 Å². The maximum absolute atomic E-state index is 11.6. The molecule has 0 radical (unpaired) electrons. The first kappa shape index (κ1) is 20.9. The highest BCUT2D eigenvalue weighted by molar-refractivity contribution is 5.80. The molecule has 3 unspecified atom stereocenters. The van der Waals surface area contributed by atoms with Gasteiger partial charge in [0.05, 0.1) is 19.3 Å². The van der Waals surface area contributed by atoms with Crippen LogP contribution in [0.5, 0.6) is 5.75 Å². The lowest BCUT2D eigenvalue weighted by atomic mass is 9.83. The molecule has 3 atom stereocenters. The molecule has 31 heavy (non-hydrogen) atoms. The third-order valence-corrected chi connectivity index (χ3v) is 5.65. The van der Waals surface area contributed by atoms with E-state index in [1.165, 1.54) is 0 Å². The highest BCUT2D eigenvalue weighted by Gasteiger charge is 2.55. The van der Waals surface area contributed by atoms with E-state index < -0.39 is 24.0 Å². The summed E-state index contributed by atoms with van der Waals surface area (Å²) in [7, 11) is 0. The number of anilines is 1. The number of guanidine groups is 1. The largest absolute Gasteiger partial charge is 0.479 e. The summed E-state index contributed by atoms with van der Waals surface area (Å²) in [6.07, 6.45) is -0.179. The molecule has 0 aromatic heterocycles. The van der Waals surface area contributed by atoms with Gasteiger partial charge in [0.1, 0.15) is 11.9 Å². The van der Waals surface area contributed by atoms with E-state index in [4.69, 9.17) is 30.9 Å². The Morgan fingerprint density at radius 1 is 1.26 bits per heavy atom. The number of nitrogens with two attached hydrogens (primary N) is 2. The van der Waals surface area contributed by atoms with Crippen molar-refractivity contribution < 1.29 is 19.3 Å². The summed E-state index contributed by atoms with van der Waals surface area (Å²) < 4.78 is 17.6. The van der Waals surface area contributed by atoms with E-state index in [9.17, 15) is 5.11 Å². The number of fused-ring (bicyclic) bond motifs is 1. The van der Waals surface area contributed by atoms with Crippen molar-refractivity contribution in [2.24, 2.45) is 10.7 Å². The molecule has 9 heteroatoms. The number of ether oxygens (including phenoxy) is 3. The van der Waals surface area contributed by atoms with Gasteiger partial charge in [0.15, 0.2) is 11.9 Å². The quantitative estimate of drug-likeness (QED) is 0.291. The minimum absolute atomic E-state index is 0.0266.